The van der Waals surface area contributed by atoms with Crippen molar-refractivity contribution in [3.05, 3.63) is 493 Å². The van der Waals surface area contributed by atoms with Gasteiger partial charge in [-0.3, -0.25) is 0 Å². The molecule has 6 nitrogen and oxygen atoms in total. The summed E-state index contributed by atoms with van der Waals surface area (Å²) in [7, 11) is 0. The lowest BCUT2D eigenvalue weighted by Gasteiger charge is -2.41. The van der Waals surface area contributed by atoms with Crippen LogP contribution < -0.4 is 0 Å². The van der Waals surface area contributed by atoms with Crippen LogP contribution in [-0.2, 0) is 10.8 Å². The molecule has 0 amide bonds. The van der Waals surface area contributed by atoms with Gasteiger partial charge in [0.15, 0.2) is 11.6 Å². The second-order valence-electron chi connectivity index (χ2n) is 30.6. The highest BCUT2D eigenvalue weighted by Gasteiger charge is 2.47. The zero-order valence-electron chi connectivity index (χ0n) is 64.4. The molecule has 0 spiro atoms. The van der Waals surface area contributed by atoms with Crippen molar-refractivity contribution in [1.29, 1.82) is 0 Å². The Kier molecular flexibility index (Phi) is 16.9. The van der Waals surface area contributed by atoms with Gasteiger partial charge in [0.2, 0.25) is 0 Å². The van der Waals surface area contributed by atoms with E-state index >= 15 is 0 Å². The third-order valence-corrected chi connectivity index (χ3v) is 24.2. The fourth-order valence-electron chi connectivity index (χ4n) is 18.8. The summed E-state index contributed by atoms with van der Waals surface area (Å²) in [6, 6.07) is 161. The Balaban J connectivity index is 0.000000143. The topological polar surface area (TPSA) is 61.4 Å². The number of nitrogens with zero attached hydrogens (tertiary/aromatic N) is 6. The summed E-state index contributed by atoms with van der Waals surface area (Å²) in [6.07, 6.45) is 0. The summed E-state index contributed by atoms with van der Waals surface area (Å²) in [5, 5.41) is 5.05. The van der Waals surface area contributed by atoms with Crippen molar-refractivity contribution in [2.24, 2.45) is 0 Å². The summed E-state index contributed by atoms with van der Waals surface area (Å²) in [6.45, 7) is 0. The van der Waals surface area contributed by atoms with Crippen molar-refractivity contribution in [3.63, 3.8) is 0 Å². The average molecular weight is 1500 g/mol. The monoisotopic (exact) mass is 1500 g/mol. The van der Waals surface area contributed by atoms with Crippen LogP contribution in [0.5, 0.6) is 0 Å². The average Bonchev–Trinajstić information content (AvgIpc) is 1.41. The van der Waals surface area contributed by atoms with Gasteiger partial charge in [0.05, 0.1) is 67.0 Å². The molecule has 4 aromatic heterocycles. The first-order valence-corrected chi connectivity index (χ1v) is 40.4. The first kappa shape index (κ1) is 69.2. The highest BCUT2D eigenvalue weighted by atomic mass is 15.0. The molecular formula is C112H74N6. The molecule has 0 N–H and O–H groups in total. The van der Waals surface area contributed by atoms with Crippen LogP contribution in [0.1, 0.15) is 44.5 Å². The summed E-state index contributed by atoms with van der Waals surface area (Å²) in [5.41, 5.74) is 32.8. The predicted octanol–water partition coefficient (Wildman–Crippen LogP) is 27.5. The van der Waals surface area contributed by atoms with Crippen LogP contribution in [0.25, 0.3) is 156 Å². The van der Waals surface area contributed by atoms with E-state index in [9.17, 15) is 0 Å². The first-order chi connectivity index (χ1) is 58.5. The lowest BCUT2D eigenvalue weighted by molar-refractivity contribution is 0.728. The lowest BCUT2D eigenvalue weighted by Crippen LogP contribution is -2.35. The molecule has 0 bridgehead atoms. The molecule has 6 heteroatoms. The Morgan fingerprint density at radius 1 is 0.169 bits per heavy atom. The number of benzene rings is 17. The van der Waals surface area contributed by atoms with E-state index in [0.717, 1.165) is 56.2 Å². The van der Waals surface area contributed by atoms with Gasteiger partial charge in [-0.15, -0.1) is 0 Å². The highest BCUT2D eigenvalue weighted by molar-refractivity contribution is 6.13. The molecule has 2 aliphatic heterocycles. The van der Waals surface area contributed by atoms with Gasteiger partial charge in [0.25, 0.3) is 0 Å². The molecule has 17 aromatic carbocycles. The van der Waals surface area contributed by atoms with Gasteiger partial charge < -0.3 is 9.13 Å². The van der Waals surface area contributed by atoms with Crippen molar-refractivity contribution < 1.29 is 0 Å². The minimum Gasteiger partial charge on any atom is -0.309 e. The van der Waals surface area contributed by atoms with E-state index in [1.54, 1.807) is 0 Å². The first-order valence-electron chi connectivity index (χ1n) is 40.4. The van der Waals surface area contributed by atoms with E-state index in [1.807, 2.05) is 12.1 Å². The minimum atomic E-state index is -0.588. The van der Waals surface area contributed by atoms with Gasteiger partial charge in [-0.25, -0.2) is 19.9 Å². The smallest absolute Gasteiger partial charge is 0.160 e. The molecule has 2 aliphatic rings. The van der Waals surface area contributed by atoms with Crippen molar-refractivity contribution in [1.82, 2.24) is 29.1 Å². The maximum absolute atomic E-state index is 5.29. The molecule has 0 saturated carbocycles. The molecule has 0 radical (unpaired) electrons. The van der Waals surface area contributed by atoms with Gasteiger partial charge in [0, 0.05) is 54.9 Å². The Morgan fingerprint density at radius 2 is 0.407 bits per heavy atom. The highest BCUT2D eigenvalue weighted by Crippen LogP contribution is 2.57. The molecule has 0 aliphatic carbocycles. The van der Waals surface area contributed by atoms with Crippen molar-refractivity contribution in [3.8, 4) is 113 Å². The molecular weight excluding hydrogens is 1430 g/mol. The Morgan fingerprint density at radius 3 is 0.754 bits per heavy atom. The van der Waals surface area contributed by atoms with Crippen LogP contribution in [0.2, 0.25) is 0 Å². The Labute approximate surface area is 685 Å². The van der Waals surface area contributed by atoms with Gasteiger partial charge in [-0.2, -0.15) is 0 Å². The zero-order valence-corrected chi connectivity index (χ0v) is 64.4. The zero-order chi connectivity index (χ0) is 78.1. The maximum Gasteiger partial charge on any atom is 0.160 e. The molecule has 2 atom stereocenters. The molecule has 0 fully saturated rings. The normalized spacial score (nSPS) is 14.3. The fourth-order valence-corrected chi connectivity index (χ4v) is 18.8. The van der Waals surface area contributed by atoms with E-state index in [1.165, 1.54) is 133 Å². The Hall–Kier alpha value is -15.5. The largest absolute Gasteiger partial charge is 0.309 e. The Bertz CT molecular complexity index is 7230. The lowest BCUT2D eigenvalue weighted by atomic mass is 9.63. The summed E-state index contributed by atoms with van der Waals surface area (Å²) in [5.74, 6) is 1.38. The molecule has 23 rings (SSSR count). The molecule has 21 aromatic rings. The molecule has 0 saturated heterocycles. The number of hydrogen-bond acceptors (Lipinski definition) is 4. The third kappa shape index (κ3) is 11.5. The quantitative estimate of drug-likeness (QED) is 0.115. The van der Waals surface area contributed by atoms with Crippen LogP contribution in [0, 0.1) is 0 Å². The number of fused-ring (bicyclic) bond motifs is 10. The van der Waals surface area contributed by atoms with E-state index in [0.29, 0.717) is 11.6 Å². The van der Waals surface area contributed by atoms with Crippen molar-refractivity contribution in [2.75, 3.05) is 0 Å². The van der Waals surface area contributed by atoms with E-state index in [-0.39, 0.29) is 0 Å². The van der Waals surface area contributed by atoms with Gasteiger partial charge >= 0.3 is 0 Å². The van der Waals surface area contributed by atoms with Crippen LogP contribution in [0.3, 0.4) is 0 Å². The SMILES string of the molecule is c1ccc(-c2ccc(-c3cc(-c4ccc(-c5ccccc5)cc4)nc(-c4ccc(C5(c6ccccc6)c6ccccc6-n6c7ccccc7c7cccc5c76)cc4)n3)cc2)cc1.c1ccc(-c2ccc(-c3cc(-c4ccccc4)nc(-c4ccc(C5(c6ccccc6)c6ccccc6-n6c7ccccc7c7cccc5c76)cc4)n3)cc2)cc1. The second kappa shape index (κ2) is 28.9. The van der Waals surface area contributed by atoms with Crippen molar-refractivity contribution in [2.45, 2.75) is 10.8 Å². The van der Waals surface area contributed by atoms with Crippen LogP contribution in [0.15, 0.2) is 449 Å². The second-order valence-corrected chi connectivity index (χ2v) is 30.6. The van der Waals surface area contributed by atoms with Gasteiger partial charge in [0.1, 0.15) is 0 Å². The van der Waals surface area contributed by atoms with E-state index < -0.39 is 10.8 Å². The van der Waals surface area contributed by atoms with E-state index in [2.05, 4.69) is 446 Å². The molecule has 6 heterocycles. The molecule has 118 heavy (non-hydrogen) atoms. The fraction of sp³-hybridized carbons (Fsp3) is 0.0179. The summed E-state index contributed by atoms with van der Waals surface area (Å²) >= 11 is 0. The number of aromatic nitrogens is 6. The number of rotatable bonds is 13. The summed E-state index contributed by atoms with van der Waals surface area (Å²) < 4.78 is 4.95. The minimum absolute atomic E-state index is 0.571. The van der Waals surface area contributed by atoms with E-state index in [4.69, 9.17) is 19.9 Å². The standard InChI is InChI=1S/C59H39N3.C53H35N3/c1-4-15-40(16-5-1)42-27-31-44(32-28-42)53-39-54(45-33-29-43(30-34-45)41-17-6-2-7-18-41)61-58(60-53)46-35-37-48(38-36-46)59(47-19-8-3-9-20-47)51-23-11-13-26-56(51)62-55-25-12-10-21-49(55)50-22-14-24-52(59)57(50)62;1-4-15-36(16-5-1)37-27-29-39(30-28-37)48-35-47(38-17-6-2-7-18-38)54-52(55-48)40-31-33-42(34-32-40)53(41-19-8-3-9-20-41)45-23-11-13-26-50(45)56-49-25-12-10-21-43(49)44-22-14-24-46(53)51(44)56/h1-39H;1-35H. The van der Waals surface area contributed by atoms with Crippen LogP contribution >= 0.6 is 0 Å². The van der Waals surface area contributed by atoms with Crippen molar-refractivity contribution >= 4 is 43.6 Å². The van der Waals surface area contributed by atoms with Crippen LogP contribution in [0.4, 0.5) is 0 Å². The third-order valence-electron chi connectivity index (χ3n) is 24.2. The summed E-state index contributed by atoms with van der Waals surface area (Å²) in [4.78, 5) is 21.0. The van der Waals surface area contributed by atoms with Gasteiger partial charge in [-0.1, -0.05) is 413 Å². The molecule has 552 valence electrons. The maximum atomic E-state index is 5.29. The predicted molar refractivity (Wildman–Crippen MR) is 485 cm³/mol. The number of para-hydroxylation sites is 6. The molecule has 2 unspecified atom stereocenters. The van der Waals surface area contributed by atoms with Gasteiger partial charge in [-0.05, 0) is 114 Å². The number of hydrogen-bond donors (Lipinski definition) is 0. The van der Waals surface area contributed by atoms with Crippen LogP contribution in [-0.4, -0.2) is 29.1 Å².